The number of carbonyl (C=O) groups excluding carboxylic acids is 1. The van der Waals surface area contributed by atoms with Crippen molar-refractivity contribution in [1.82, 2.24) is 4.31 Å². The molecule has 1 aliphatic carbocycles. The molecule has 2 atom stereocenters. The van der Waals surface area contributed by atoms with Crippen molar-refractivity contribution in [2.75, 3.05) is 32.6 Å². The summed E-state index contributed by atoms with van der Waals surface area (Å²) >= 11 is 0. The van der Waals surface area contributed by atoms with E-state index in [9.17, 15) is 13.2 Å². The summed E-state index contributed by atoms with van der Waals surface area (Å²) in [5.74, 6) is 0.349. The van der Waals surface area contributed by atoms with Gasteiger partial charge >= 0.3 is 0 Å². The van der Waals surface area contributed by atoms with Crippen molar-refractivity contribution in [2.24, 2.45) is 17.6 Å². The largest absolute Gasteiger partial charge is 0.492 e. The van der Waals surface area contributed by atoms with E-state index in [4.69, 9.17) is 10.5 Å². The van der Waals surface area contributed by atoms with Gasteiger partial charge in [-0.2, -0.15) is 0 Å². The molecule has 1 aliphatic rings. The van der Waals surface area contributed by atoms with Crippen molar-refractivity contribution in [3.8, 4) is 5.75 Å². The van der Waals surface area contributed by atoms with E-state index in [2.05, 4.69) is 5.32 Å². The van der Waals surface area contributed by atoms with Gasteiger partial charge in [-0.1, -0.05) is 6.42 Å². The molecular formula is C17H28ClN3O4S. The fraction of sp³-hybridized carbons (Fsp3) is 0.588. The topological polar surface area (TPSA) is 102 Å². The molecule has 1 aromatic carbocycles. The zero-order valence-electron chi connectivity index (χ0n) is 15.4. The highest BCUT2D eigenvalue weighted by Crippen LogP contribution is 2.34. The van der Waals surface area contributed by atoms with Crippen LogP contribution in [0.2, 0.25) is 0 Å². The van der Waals surface area contributed by atoms with Crippen LogP contribution in [0.15, 0.2) is 23.1 Å². The highest BCUT2D eigenvalue weighted by atomic mass is 35.5. The minimum atomic E-state index is -3.59. The number of nitrogens with one attached hydrogen (secondary N) is 1. The first-order valence-corrected chi connectivity index (χ1v) is 9.95. The van der Waals surface area contributed by atoms with Gasteiger partial charge in [0.25, 0.3) is 0 Å². The number of rotatable bonds is 7. The molecule has 1 aromatic rings. The number of carbonyl (C=O) groups is 1. The molecule has 2 rings (SSSR count). The predicted molar refractivity (Wildman–Crippen MR) is 104 cm³/mol. The molecule has 148 valence electrons. The van der Waals surface area contributed by atoms with Crippen molar-refractivity contribution in [1.29, 1.82) is 0 Å². The van der Waals surface area contributed by atoms with Crippen LogP contribution in [0.5, 0.6) is 5.75 Å². The van der Waals surface area contributed by atoms with E-state index in [1.54, 1.807) is 6.07 Å². The molecule has 0 aliphatic heterocycles. The first-order chi connectivity index (χ1) is 11.8. The van der Waals surface area contributed by atoms with Crippen LogP contribution in [0.4, 0.5) is 5.69 Å². The van der Waals surface area contributed by atoms with Crippen LogP contribution in [-0.4, -0.2) is 45.9 Å². The van der Waals surface area contributed by atoms with Crippen LogP contribution >= 0.6 is 12.4 Å². The van der Waals surface area contributed by atoms with E-state index in [0.717, 1.165) is 23.6 Å². The lowest BCUT2D eigenvalue weighted by Crippen LogP contribution is -2.30. The Bertz CT molecular complexity index is 725. The summed E-state index contributed by atoms with van der Waals surface area (Å²) in [5.41, 5.74) is 6.13. The molecule has 0 bridgehead atoms. The fourth-order valence-corrected chi connectivity index (χ4v) is 4.08. The Balaban J connectivity index is 0.00000338. The lowest BCUT2D eigenvalue weighted by molar-refractivity contribution is -0.120. The minimum absolute atomic E-state index is 0. The fourth-order valence-electron chi connectivity index (χ4n) is 3.15. The van der Waals surface area contributed by atoms with Gasteiger partial charge in [0.2, 0.25) is 15.9 Å². The number of hydrogen-bond acceptors (Lipinski definition) is 5. The van der Waals surface area contributed by atoms with Crippen LogP contribution < -0.4 is 15.8 Å². The molecule has 9 heteroatoms. The number of sulfonamides is 1. The average molecular weight is 406 g/mol. The molecule has 26 heavy (non-hydrogen) atoms. The first-order valence-electron chi connectivity index (χ1n) is 8.51. The van der Waals surface area contributed by atoms with Gasteiger partial charge in [0.15, 0.2) is 0 Å². The average Bonchev–Trinajstić information content (AvgIpc) is 3.05. The smallest absolute Gasteiger partial charge is 0.242 e. The van der Waals surface area contributed by atoms with Crippen molar-refractivity contribution < 1.29 is 17.9 Å². The number of hydrogen-bond donors (Lipinski definition) is 2. The van der Waals surface area contributed by atoms with E-state index in [1.807, 2.05) is 6.92 Å². The van der Waals surface area contributed by atoms with Crippen LogP contribution in [0.25, 0.3) is 0 Å². The van der Waals surface area contributed by atoms with Gasteiger partial charge in [0, 0.05) is 20.0 Å². The van der Waals surface area contributed by atoms with Gasteiger partial charge in [-0.3, -0.25) is 4.79 Å². The molecule has 1 amide bonds. The maximum absolute atomic E-state index is 12.7. The molecule has 0 aromatic heterocycles. The summed E-state index contributed by atoms with van der Waals surface area (Å²) in [6.45, 7) is 2.72. The van der Waals surface area contributed by atoms with Gasteiger partial charge in [0.05, 0.1) is 17.2 Å². The number of nitrogens with zero attached hydrogens (tertiary/aromatic N) is 1. The molecule has 3 N–H and O–H groups in total. The van der Waals surface area contributed by atoms with Gasteiger partial charge in [-0.05, 0) is 50.4 Å². The number of nitrogens with two attached hydrogens (primary N) is 1. The van der Waals surface area contributed by atoms with E-state index >= 15 is 0 Å². The van der Waals surface area contributed by atoms with Crippen molar-refractivity contribution in [3.05, 3.63) is 18.2 Å². The summed E-state index contributed by atoms with van der Waals surface area (Å²) in [4.78, 5) is 12.8. The van der Waals surface area contributed by atoms with E-state index in [-0.39, 0.29) is 35.0 Å². The standard InChI is InChI=1S/C17H27N3O4S.ClH/c1-4-24-16-9-8-13(25(22,23)20(2)3)10-15(16)19-17(21)14-7-5-6-12(14)11-18;/h8-10,12,14H,4-7,11,18H2,1-3H3,(H,19,21);1H/t12-,14-;/m1./s1. The Morgan fingerprint density at radius 3 is 2.62 bits per heavy atom. The monoisotopic (exact) mass is 405 g/mol. The SMILES string of the molecule is CCOc1ccc(S(=O)(=O)N(C)C)cc1NC(=O)[C@@H]1CCC[C@@H]1CN.Cl. The normalized spacial score (nSPS) is 19.9. The highest BCUT2D eigenvalue weighted by Gasteiger charge is 2.32. The third-order valence-corrected chi connectivity index (χ3v) is 6.40. The van der Waals surface area contributed by atoms with Gasteiger partial charge in [-0.25, -0.2) is 12.7 Å². The summed E-state index contributed by atoms with van der Waals surface area (Å²) in [7, 11) is -0.662. The molecule has 0 heterocycles. The number of halogens is 1. The van der Waals surface area contributed by atoms with E-state index in [0.29, 0.717) is 24.6 Å². The maximum Gasteiger partial charge on any atom is 0.242 e. The Morgan fingerprint density at radius 2 is 2.04 bits per heavy atom. The lowest BCUT2D eigenvalue weighted by atomic mass is 9.95. The quantitative estimate of drug-likeness (QED) is 0.723. The number of anilines is 1. The third-order valence-electron chi connectivity index (χ3n) is 4.59. The van der Waals surface area contributed by atoms with Crippen molar-refractivity contribution in [3.63, 3.8) is 0 Å². The Kier molecular flexibility index (Phi) is 8.33. The summed E-state index contributed by atoms with van der Waals surface area (Å²) in [5, 5.41) is 2.85. The number of amides is 1. The number of ether oxygens (including phenoxy) is 1. The van der Waals surface area contributed by atoms with Gasteiger partial charge < -0.3 is 15.8 Å². The molecule has 0 unspecified atom stereocenters. The van der Waals surface area contributed by atoms with Crippen LogP contribution in [0.1, 0.15) is 26.2 Å². The predicted octanol–water partition coefficient (Wildman–Crippen LogP) is 2.07. The number of benzene rings is 1. The summed E-state index contributed by atoms with van der Waals surface area (Å²) in [6.07, 6.45) is 2.72. The second-order valence-corrected chi connectivity index (χ2v) is 8.55. The van der Waals surface area contributed by atoms with Gasteiger partial charge in [-0.15, -0.1) is 12.4 Å². The Labute approximate surface area is 161 Å². The summed E-state index contributed by atoms with van der Waals surface area (Å²) in [6, 6.07) is 4.50. The second-order valence-electron chi connectivity index (χ2n) is 6.40. The van der Waals surface area contributed by atoms with Crippen LogP contribution in [0, 0.1) is 11.8 Å². The zero-order valence-corrected chi connectivity index (χ0v) is 17.0. The maximum atomic E-state index is 12.7. The Morgan fingerprint density at radius 1 is 1.35 bits per heavy atom. The molecular weight excluding hydrogens is 378 g/mol. The zero-order chi connectivity index (χ0) is 18.6. The molecule has 0 radical (unpaired) electrons. The van der Waals surface area contributed by atoms with Gasteiger partial charge in [0.1, 0.15) is 5.75 Å². The Hall–Kier alpha value is -1.35. The molecule has 0 saturated heterocycles. The molecule has 0 spiro atoms. The van der Waals surface area contributed by atoms with Crippen molar-refractivity contribution in [2.45, 2.75) is 31.1 Å². The second kappa shape index (κ2) is 9.55. The van der Waals surface area contributed by atoms with Crippen LogP contribution in [0.3, 0.4) is 0 Å². The van der Waals surface area contributed by atoms with E-state index < -0.39 is 10.0 Å². The van der Waals surface area contributed by atoms with Crippen molar-refractivity contribution >= 4 is 34.0 Å². The molecule has 1 fully saturated rings. The molecule has 7 nitrogen and oxygen atoms in total. The molecule has 1 saturated carbocycles. The van der Waals surface area contributed by atoms with Crippen LogP contribution in [-0.2, 0) is 14.8 Å². The third kappa shape index (κ3) is 4.88. The lowest BCUT2D eigenvalue weighted by Gasteiger charge is -2.20. The van der Waals surface area contributed by atoms with E-state index in [1.165, 1.54) is 26.2 Å². The summed E-state index contributed by atoms with van der Waals surface area (Å²) < 4.78 is 31.4. The first kappa shape index (κ1) is 22.7. The minimum Gasteiger partial charge on any atom is -0.492 e. The highest BCUT2D eigenvalue weighted by molar-refractivity contribution is 7.89.